The number of alkyl halides is 3. The van der Waals surface area contributed by atoms with Gasteiger partial charge in [0.2, 0.25) is 10.0 Å². The Balaban J connectivity index is 0.000000406. The number of nitrogens with one attached hydrogen (secondary N) is 2. The number of aromatic nitrogens is 1. The van der Waals surface area contributed by atoms with Gasteiger partial charge in [-0.15, -0.1) is 0 Å². The molecule has 0 radical (unpaired) electrons. The van der Waals surface area contributed by atoms with E-state index in [2.05, 4.69) is 39.5 Å². The zero-order chi connectivity index (χ0) is 24.9. The molecule has 0 spiro atoms. The van der Waals surface area contributed by atoms with Crippen molar-refractivity contribution < 1.29 is 31.5 Å². The smallest absolute Gasteiger partial charge is 0.475 e. The summed E-state index contributed by atoms with van der Waals surface area (Å²) in [7, 11) is -3.70. The highest BCUT2D eigenvalue weighted by Gasteiger charge is 2.38. The maximum absolute atomic E-state index is 11.7. The maximum atomic E-state index is 11.7. The molecular weight excluding hydrogens is 473 g/mol. The first-order valence-electron chi connectivity index (χ1n) is 10.4. The Morgan fingerprint density at radius 3 is 2.41 bits per heavy atom. The van der Waals surface area contributed by atoms with Crippen LogP contribution in [0.4, 0.5) is 18.9 Å². The molecule has 34 heavy (non-hydrogen) atoms. The van der Waals surface area contributed by atoms with Gasteiger partial charge in [-0.3, -0.25) is 0 Å². The molecule has 0 aliphatic carbocycles. The summed E-state index contributed by atoms with van der Waals surface area (Å²) in [6, 6.07) is 15.8. The molecule has 4 rings (SSSR count). The molecule has 1 aliphatic heterocycles. The van der Waals surface area contributed by atoms with Crippen LogP contribution in [0.2, 0.25) is 0 Å². The van der Waals surface area contributed by atoms with Crippen molar-refractivity contribution in [3.05, 3.63) is 60.3 Å². The van der Waals surface area contributed by atoms with E-state index in [1.807, 2.05) is 12.3 Å². The van der Waals surface area contributed by atoms with E-state index >= 15 is 0 Å². The lowest BCUT2D eigenvalue weighted by Gasteiger charge is -2.36. The third kappa shape index (κ3) is 6.72. The van der Waals surface area contributed by atoms with Crippen LogP contribution in [0.3, 0.4) is 0 Å². The summed E-state index contributed by atoms with van der Waals surface area (Å²) in [6.07, 6.45) is -1.03. The minimum absolute atomic E-state index is 0.159. The summed E-state index contributed by atoms with van der Waals surface area (Å²) >= 11 is 0. The molecule has 3 aromatic rings. The van der Waals surface area contributed by atoms with Crippen LogP contribution in [0.15, 0.2) is 59.6 Å². The van der Waals surface area contributed by atoms with Gasteiger partial charge in [0.05, 0.1) is 4.90 Å². The van der Waals surface area contributed by atoms with Gasteiger partial charge >= 0.3 is 12.1 Å². The number of piperidine rings is 1. The number of nitrogens with zero attached hydrogens (tertiary/aromatic N) is 1. The standard InChI is InChI=1S/C20H24N4O2S.C2HF3O2/c21-27(25,26)19-3-1-2-15(12-19)14-24(17-7-9-22-10-8-17)18-4-5-20-16(13-18)6-11-23-20;3-2(4,5)1(6)7/h1-6,11-13,17,22-23H,7-10,14H2,(H2,21,25,26);(H,6,7). The molecule has 8 nitrogen and oxygen atoms in total. The van der Waals surface area contributed by atoms with E-state index < -0.39 is 22.2 Å². The van der Waals surface area contributed by atoms with Crippen molar-refractivity contribution >= 4 is 32.6 Å². The fourth-order valence-corrected chi connectivity index (χ4v) is 4.37. The second-order valence-electron chi connectivity index (χ2n) is 7.85. The number of primary sulfonamides is 1. The molecule has 1 aliphatic rings. The largest absolute Gasteiger partial charge is 0.490 e. The lowest BCUT2D eigenvalue weighted by Crippen LogP contribution is -2.43. The lowest BCUT2D eigenvalue weighted by atomic mass is 10.0. The fraction of sp³-hybridized carbons (Fsp3) is 0.318. The summed E-state index contributed by atoms with van der Waals surface area (Å²) in [5.74, 6) is -2.76. The molecule has 184 valence electrons. The second kappa shape index (κ2) is 10.5. The number of rotatable bonds is 5. The number of aromatic amines is 1. The lowest BCUT2D eigenvalue weighted by molar-refractivity contribution is -0.192. The Kier molecular flexibility index (Phi) is 7.85. The van der Waals surface area contributed by atoms with Crippen molar-refractivity contribution in [2.75, 3.05) is 18.0 Å². The van der Waals surface area contributed by atoms with Gasteiger partial charge in [-0.2, -0.15) is 13.2 Å². The predicted octanol–water partition coefficient (Wildman–Crippen LogP) is 3.21. The minimum atomic E-state index is -5.08. The quantitative estimate of drug-likeness (QED) is 0.428. The van der Waals surface area contributed by atoms with Gasteiger partial charge in [-0.1, -0.05) is 12.1 Å². The first kappa shape index (κ1) is 25.5. The number of anilines is 1. The van der Waals surface area contributed by atoms with Gasteiger partial charge < -0.3 is 20.3 Å². The van der Waals surface area contributed by atoms with Crippen LogP contribution in [0, 0.1) is 0 Å². The number of fused-ring (bicyclic) bond motifs is 1. The van der Waals surface area contributed by atoms with E-state index in [1.165, 1.54) is 5.39 Å². The number of sulfonamides is 1. The summed E-state index contributed by atoms with van der Waals surface area (Å²) in [5.41, 5.74) is 3.20. The van der Waals surface area contributed by atoms with Gasteiger partial charge in [0.15, 0.2) is 0 Å². The van der Waals surface area contributed by atoms with Crippen molar-refractivity contribution in [1.82, 2.24) is 10.3 Å². The molecule has 0 bridgehead atoms. The molecule has 0 atom stereocenters. The highest BCUT2D eigenvalue weighted by molar-refractivity contribution is 7.89. The highest BCUT2D eigenvalue weighted by Crippen LogP contribution is 2.28. The van der Waals surface area contributed by atoms with Crippen LogP contribution in [0.25, 0.3) is 10.9 Å². The molecule has 1 saturated heterocycles. The topological polar surface area (TPSA) is 129 Å². The molecule has 0 saturated carbocycles. The number of halogens is 3. The van der Waals surface area contributed by atoms with Crippen LogP contribution in [0.1, 0.15) is 18.4 Å². The number of aliphatic carboxylic acids is 1. The third-order valence-corrected chi connectivity index (χ3v) is 6.35. The second-order valence-corrected chi connectivity index (χ2v) is 9.42. The van der Waals surface area contributed by atoms with E-state index in [-0.39, 0.29) is 4.90 Å². The number of hydrogen-bond acceptors (Lipinski definition) is 5. The van der Waals surface area contributed by atoms with Crippen molar-refractivity contribution in [3.8, 4) is 0 Å². The zero-order valence-corrected chi connectivity index (χ0v) is 18.9. The van der Waals surface area contributed by atoms with E-state index in [4.69, 9.17) is 15.0 Å². The Morgan fingerprint density at radius 1 is 1.12 bits per heavy atom. The average molecular weight is 499 g/mol. The van der Waals surface area contributed by atoms with Crippen molar-refractivity contribution in [1.29, 1.82) is 0 Å². The third-order valence-electron chi connectivity index (χ3n) is 5.44. The molecule has 0 unspecified atom stereocenters. The fourth-order valence-electron chi connectivity index (χ4n) is 3.79. The van der Waals surface area contributed by atoms with Crippen LogP contribution in [-0.4, -0.2) is 49.8 Å². The molecule has 12 heteroatoms. The number of benzene rings is 2. The van der Waals surface area contributed by atoms with Gasteiger partial charge in [0.25, 0.3) is 0 Å². The van der Waals surface area contributed by atoms with E-state index in [0.717, 1.165) is 42.7 Å². The zero-order valence-electron chi connectivity index (χ0n) is 18.0. The summed E-state index contributed by atoms with van der Waals surface area (Å²) in [5, 5.41) is 17.0. The normalized spacial score (nSPS) is 14.9. The number of hydrogen-bond donors (Lipinski definition) is 4. The van der Waals surface area contributed by atoms with Crippen LogP contribution in [-0.2, 0) is 21.4 Å². The van der Waals surface area contributed by atoms with Crippen molar-refractivity contribution in [3.63, 3.8) is 0 Å². The van der Waals surface area contributed by atoms with Gasteiger partial charge in [0, 0.05) is 35.4 Å². The number of carbonyl (C=O) groups is 1. The van der Waals surface area contributed by atoms with Gasteiger partial charge in [-0.25, -0.2) is 18.4 Å². The Morgan fingerprint density at radius 2 is 1.79 bits per heavy atom. The SMILES string of the molecule is NS(=O)(=O)c1cccc(CN(c2ccc3[nH]ccc3c2)C2CCNCC2)c1.O=C(O)C(F)(F)F. The Bertz CT molecular complexity index is 1240. The summed E-state index contributed by atoms with van der Waals surface area (Å²) < 4.78 is 55.2. The maximum Gasteiger partial charge on any atom is 0.490 e. The average Bonchev–Trinajstić information content (AvgIpc) is 3.25. The van der Waals surface area contributed by atoms with E-state index in [1.54, 1.807) is 18.2 Å². The number of carboxylic acids is 1. The predicted molar refractivity (Wildman–Crippen MR) is 122 cm³/mol. The monoisotopic (exact) mass is 498 g/mol. The highest BCUT2D eigenvalue weighted by atomic mass is 32.2. The Labute approximate surface area is 194 Å². The van der Waals surface area contributed by atoms with Gasteiger partial charge in [-0.05, 0) is 67.9 Å². The van der Waals surface area contributed by atoms with Crippen molar-refractivity contribution in [2.24, 2.45) is 5.14 Å². The number of H-pyrrole nitrogens is 1. The van der Waals surface area contributed by atoms with Crippen molar-refractivity contribution in [2.45, 2.75) is 36.5 Å². The molecule has 1 aromatic heterocycles. The van der Waals surface area contributed by atoms with Crippen LogP contribution >= 0.6 is 0 Å². The van der Waals surface area contributed by atoms with E-state index in [9.17, 15) is 21.6 Å². The summed E-state index contributed by atoms with van der Waals surface area (Å²) in [6.45, 7) is 2.62. The van der Waals surface area contributed by atoms with Gasteiger partial charge in [0.1, 0.15) is 0 Å². The van der Waals surface area contributed by atoms with Crippen LogP contribution < -0.4 is 15.4 Å². The first-order chi connectivity index (χ1) is 15.9. The first-order valence-corrected chi connectivity index (χ1v) is 12.0. The molecule has 1 fully saturated rings. The summed E-state index contributed by atoms with van der Waals surface area (Å²) in [4.78, 5) is 14.7. The molecular formula is C22H25F3N4O4S. The molecule has 2 aromatic carbocycles. The molecule has 0 amide bonds. The minimum Gasteiger partial charge on any atom is -0.475 e. The van der Waals surface area contributed by atoms with E-state index in [0.29, 0.717) is 12.6 Å². The molecule has 5 N–H and O–H groups in total. The number of carboxylic acid groups (broad SMARTS) is 1. The molecule has 2 heterocycles. The number of nitrogens with two attached hydrogens (primary N) is 1. The van der Waals surface area contributed by atoms with Crippen LogP contribution in [0.5, 0.6) is 0 Å². The Hall–Kier alpha value is -3.09.